The molecule has 0 fully saturated rings. The maximum atomic E-state index is 11.3. The van der Waals surface area contributed by atoms with E-state index in [-0.39, 0.29) is 12.5 Å². The Morgan fingerprint density at radius 1 is 1.40 bits per heavy atom. The maximum absolute atomic E-state index is 11.3. The van der Waals surface area contributed by atoms with Crippen molar-refractivity contribution in [1.29, 1.82) is 0 Å². The zero-order valence-electron chi connectivity index (χ0n) is 9.06. The lowest BCUT2D eigenvalue weighted by atomic mass is 10.1. The largest absolute Gasteiger partial charge is 0.375 e. The van der Waals surface area contributed by atoms with Crippen LogP contribution in [0.4, 0.5) is 5.69 Å². The van der Waals surface area contributed by atoms with Gasteiger partial charge in [-0.2, -0.15) is 0 Å². The van der Waals surface area contributed by atoms with E-state index in [9.17, 15) is 4.79 Å². The van der Waals surface area contributed by atoms with Gasteiger partial charge in [0.2, 0.25) is 5.91 Å². The van der Waals surface area contributed by atoms with E-state index in [1.807, 2.05) is 26.0 Å². The van der Waals surface area contributed by atoms with Crippen molar-refractivity contribution in [3.63, 3.8) is 0 Å². The van der Waals surface area contributed by atoms with Crippen molar-refractivity contribution in [2.45, 2.75) is 13.8 Å². The highest BCUT2D eigenvalue weighted by atomic mass is 79.9. The number of halogens is 1. The molecule has 1 rings (SSSR count). The van der Waals surface area contributed by atoms with Gasteiger partial charge in [-0.15, -0.1) is 0 Å². The van der Waals surface area contributed by atoms with Gasteiger partial charge in [0.1, 0.15) is 6.61 Å². The second-order valence-electron chi connectivity index (χ2n) is 3.41. The molecule has 0 spiro atoms. The lowest BCUT2D eigenvalue weighted by molar-refractivity contribution is -0.119. The van der Waals surface area contributed by atoms with Gasteiger partial charge in [0, 0.05) is 17.3 Å². The summed E-state index contributed by atoms with van der Waals surface area (Å²) in [6.45, 7) is 4.06. The maximum Gasteiger partial charge on any atom is 0.250 e. The predicted molar refractivity (Wildman–Crippen MR) is 64.1 cm³/mol. The molecule has 1 N–H and O–H groups in total. The number of ether oxygens (including phenoxy) is 1. The molecule has 15 heavy (non-hydrogen) atoms. The minimum Gasteiger partial charge on any atom is -0.375 e. The SMILES string of the molecule is COCC(=O)Nc1cc(C)c(Br)c(C)c1. The summed E-state index contributed by atoms with van der Waals surface area (Å²) in [6, 6.07) is 3.84. The standard InChI is InChI=1S/C11H14BrNO2/c1-7-4-9(5-8(2)11(7)12)13-10(14)6-15-3/h4-5H,6H2,1-3H3,(H,13,14). The van der Waals surface area contributed by atoms with Gasteiger partial charge >= 0.3 is 0 Å². The number of hydrogen-bond acceptors (Lipinski definition) is 2. The predicted octanol–water partition coefficient (Wildman–Crippen LogP) is 2.65. The summed E-state index contributed by atoms with van der Waals surface area (Å²) in [5.41, 5.74) is 3.00. The molecule has 1 aromatic rings. The Labute approximate surface area is 97.9 Å². The van der Waals surface area contributed by atoms with Crippen LogP contribution in [0.1, 0.15) is 11.1 Å². The molecule has 0 aromatic heterocycles. The molecule has 3 nitrogen and oxygen atoms in total. The summed E-state index contributed by atoms with van der Waals surface area (Å²) in [5, 5.41) is 2.77. The first-order valence-electron chi connectivity index (χ1n) is 4.60. The van der Waals surface area contributed by atoms with Crippen molar-refractivity contribution in [2.75, 3.05) is 19.0 Å². The number of aryl methyl sites for hydroxylation is 2. The van der Waals surface area contributed by atoms with Crippen molar-refractivity contribution in [1.82, 2.24) is 0 Å². The quantitative estimate of drug-likeness (QED) is 0.918. The Balaban J connectivity index is 2.83. The van der Waals surface area contributed by atoms with Crippen LogP contribution in [-0.2, 0) is 9.53 Å². The molecule has 0 aliphatic rings. The van der Waals surface area contributed by atoms with Crippen molar-refractivity contribution in [3.8, 4) is 0 Å². The fraction of sp³-hybridized carbons (Fsp3) is 0.364. The number of anilines is 1. The molecule has 0 saturated carbocycles. The third kappa shape index (κ3) is 3.32. The summed E-state index contributed by atoms with van der Waals surface area (Å²) in [6.07, 6.45) is 0. The molecular formula is C11H14BrNO2. The molecule has 1 amide bonds. The first-order valence-corrected chi connectivity index (χ1v) is 5.39. The molecule has 82 valence electrons. The van der Waals surface area contributed by atoms with Gasteiger partial charge in [0.25, 0.3) is 0 Å². The molecule has 0 aliphatic heterocycles. The van der Waals surface area contributed by atoms with E-state index >= 15 is 0 Å². The van der Waals surface area contributed by atoms with Crippen LogP contribution in [0.25, 0.3) is 0 Å². The first kappa shape index (κ1) is 12.2. The fourth-order valence-electron chi connectivity index (χ4n) is 1.35. The number of benzene rings is 1. The lowest BCUT2D eigenvalue weighted by Gasteiger charge is -2.09. The minimum absolute atomic E-state index is 0.0775. The van der Waals surface area contributed by atoms with Crippen LogP contribution >= 0.6 is 15.9 Å². The van der Waals surface area contributed by atoms with E-state index in [4.69, 9.17) is 4.74 Å². The van der Waals surface area contributed by atoms with Crippen LogP contribution in [-0.4, -0.2) is 19.6 Å². The van der Waals surface area contributed by atoms with Crippen molar-refractivity contribution >= 4 is 27.5 Å². The second kappa shape index (κ2) is 5.28. The Hall–Kier alpha value is -0.870. The second-order valence-corrected chi connectivity index (χ2v) is 4.20. The van der Waals surface area contributed by atoms with Gasteiger partial charge in [-0.05, 0) is 37.1 Å². The molecule has 1 aromatic carbocycles. The number of amides is 1. The van der Waals surface area contributed by atoms with E-state index in [1.165, 1.54) is 7.11 Å². The van der Waals surface area contributed by atoms with Crippen molar-refractivity contribution in [2.24, 2.45) is 0 Å². The summed E-state index contributed by atoms with van der Waals surface area (Å²) in [4.78, 5) is 11.3. The normalized spacial score (nSPS) is 10.1. The number of methoxy groups -OCH3 is 1. The minimum atomic E-state index is -0.140. The lowest BCUT2D eigenvalue weighted by Crippen LogP contribution is -2.17. The number of hydrogen-bond donors (Lipinski definition) is 1. The first-order chi connectivity index (χ1) is 7.04. The highest BCUT2D eigenvalue weighted by Crippen LogP contribution is 2.24. The van der Waals surface area contributed by atoms with Crippen LogP contribution in [0.3, 0.4) is 0 Å². The zero-order chi connectivity index (χ0) is 11.4. The fourth-order valence-corrected chi connectivity index (χ4v) is 1.58. The van der Waals surface area contributed by atoms with Gasteiger partial charge < -0.3 is 10.1 Å². The van der Waals surface area contributed by atoms with Crippen molar-refractivity contribution < 1.29 is 9.53 Å². The molecule has 0 unspecified atom stereocenters. The van der Waals surface area contributed by atoms with E-state index in [0.717, 1.165) is 21.3 Å². The molecule has 0 bridgehead atoms. The average molecular weight is 272 g/mol. The average Bonchev–Trinajstić information content (AvgIpc) is 2.14. The Morgan fingerprint density at radius 2 is 1.93 bits per heavy atom. The molecule has 4 heteroatoms. The Morgan fingerprint density at radius 3 is 2.40 bits per heavy atom. The highest BCUT2D eigenvalue weighted by molar-refractivity contribution is 9.10. The molecule has 0 saturated heterocycles. The van der Waals surface area contributed by atoms with Gasteiger partial charge in [-0.25, -0.2) is 0 Å². The van der Waals surface area contributed by atoms with Crippen molar-refractivity contribution in [3.05, 3.63) is 27.7 Å². The van der Waals surface area contributed by atoms with Crippen LogP contribution in [0, 0.1) is 13.8 Å². The van der Waals surface area contributed by atoms with Crippen LogP contribution in [0.2, 0.25) is 0 Å². The van der Waals surface area contributed by atoms with E-state index < -0.39 is 0 Å². The topological polar surface area (TPSA) is 38.3 Å². The molecule has 0 radical (unpaired) electrons. The van der Waals surface area contributed by atoms with E-state index in [0.29, 0.717) is 0 Å². The monoisotopic (exact) mass is 271 g/mol. The van der Waals surface area contributed by atoms with Crippen LogP contribution in [0.5, 0.6) is 0 Å². The zero-order valence-corrected chi connectivity index (χ0v) is 10.6. The summed E-state index contributed by atoms with van der Waals surface area (Å²) >= 11 is 3.47. The highest BCUT2D eigenvalue weighted by Gasteiger charge is 2.05. The number of rotatable bonds is 3. The van der Waals surface area contributed by atoms with Gasteiger partial charge in [0.15, 0.2) is 0 Å². The molecular weight excluding hydrogens is 258 g/mol. The summed E-state index contributed by atoms with van der Waals surface area (Å²) in [5.74, 6) is -0.140. The third-order valence-electron chi connectivity index (χ3n) is 2.00. The Bertz CT molecular complexity index is 354. The van der Waals surface area contributed by atoms with Crippen LogP contribution in [0.15, 0.2) is 16.6 Å². The Kier molecular flexibility index (Phi) is 4.29. The number of carbonyl (C=O) groups is 1. The van der Waals surface area contributed by atoms with Crippen LogP contribution < -0.4 is 5.32 Å². The van der Waals surface area contributed by atoms with Gasteiger partial charge in [-0.1, -0.05) is 15.9 Å². The molecule has 0 heterocycles. The van der Waals surface area contributed by atoms with Gasteiger partial charge in [0.05, 0.1) is 0 Å². The molecule has 0 aliphatic carbocycles. The van der Waals surface area contributed by atoms with E-state index in [1.54, 1.807) is 0 Å². The number of carbonyl (C=O) groups excluding carboxylic acids is 1. The third-order valence-corrected chi connectivity index (χ3v) is 3.25. The van der Waals surface area contributed by atoms with Gasteiger partial charge in [-0.3, -0.25) is 4.79 Å². The summed E-state index contributed by atoms with van der Waals surface area (Å²) in [7, 11) is 1.50. The van der Waals surface area contributed by atoms with E-state index in [2.05, 4.69) is 21.2 Å². The molecule has 0 atom stereocenters. The summed E-state index contributed by atoms with van der Waals surface area (Å²) < 4.78 is 5.81. The number of nitrogens with one attached hydrogen (secondary N) is 1. The smallest absolute Gasteiger partial charge is 0.250 e.